The maximum absolute atomic E-state index is 12.9. The minimum atomic E-state index is -0.701. The van der Waals surface area contributed by atoms with Crippen LogP contribution in [-0.4, -0.2) is 72.4 Å². The normalized spacial score (nSPS) is 16.9. The van der Waals surface area contributed by atoms with Gasteiger partial charge in [-0.3, -0.25) is 29.3 Å². The van der Waals surface area contributed by atoms with Gasteiger partial charge in [-0.25, -0.2) is 0 Å². The van der Waals surface area contributed by atoms with Gasteiger partial charge in [0.25, 0.3) is 11.8 Å². The lowest BCUT2D eigenvalue weighted by Gasteiger charge is -2.29. The average molecular weight is 559 g/mol. The summed E-state index contributed by atoms with van der Waals surface area (Å²) >= 11 is 0. The molecule has 2 heterocycles. The van der Waals surface area contributed by atoms with Crippen molar-refractivity contribution in [3.63, 3.8) is 0 Å². The maximum atomic E-state index is 12.9. The van der Waals surface area contributed by atoms with Crippen LogP contribution in [0.4, 0.5) is 0 Å². The predicted molar refractivity (Wildman–Crippen MR) is 147 cm³/mol. The number of hydrogen-bond acceptors (Lipinski definition) is 7. The van der Waals surface area contributed by atoms with Crippen molar-refractivity contribution in [3.05, 3.63) is 29.3 Å². The van der Waals surface area contributed by atoms with E-state index in [4.69, 9.17) is 9.47 Å². The molecule has 1 aromatic carbocycles. The van der Waals surface area contributed by atoms with Crippen molar-refractivity contribution >= 4 is 29.5 Å². The minimum absolute atomic E-state index is 0.0800. The maximum Gasteiger partial charge on any atom is 0.257 e. The Labute approximate surface area is 235 Å². The van der Waals surface area contributed by atoms with E-state index in [1.54, 1.807) is 18.2 Å². The summed E-state index contributed by atoms with van der Waals surface area (Å²) in [6.07, 6.45) is 6.42. The third-order valence-electron chi connectivity index (χ3n) is 6.78. The van der Waals surface area contributed by atoms with Crippen LogP contribution in [0.2, 0.25) is 0 Å². The van der Waals surface area contributed by atoms with E-state index in [2.05, 4.69) is 16.0 Å². The number of hydrogen-bond donors (Lipinski definition) is 3. The first-order valence-corrected chi connectivity index (χ1v) is 14.1. The molecular weight excluding hydrogens is 516 g/mol. The number of imide groups is 1. The third-order valence-corrected chi connectivity index (χ3v) is 6.78. The summed E-state index contributed by atoms with van der Waals surface area (Å²) in [6.45, 7) is 7.06. The molecule has 3 rings (SSSR count). The van der Waals surface area contributed by atoms with E-state index in [-0.39, 0.29) is 61.8 Å². The molecule has 2 aliphatic heterocycles. The smallest absolute Gasteiger partial charge is 0.257 e. The molecule has 0 bridgehead atoms. The average Bonchev–Trinajstić information content (AvgIpc) is 3.23. The lowest BCUT2D eigenvalue weighted by molar-refractivity contribution is -0.137. The number of benzene rings is 1. The zero-order valence-electron chi connectivity index (χ0n) is 23.8. The molecule has 11 nitrogen and oxygen atoms in total. The van der Waals surface area contributed by atoms with Gasteiger partial charge in [0, 0.05) is 30.6 Å². The van der Waals surface area contributed by atoms with E-state index >= 15 is 0 Å². The Balaban J connectivity index is 1.26. The summed E-state index contributed by atoms with van der Waals surface area (Å²) in [5.41, 5.74) is 0.763. The number of carbonyl (C=O) groups is 5. The molecule has 3 N–H and O–H groups in total. The van der Waals surface area contributed by atoms with Crippen molar-refractivity contribution in [2.45, 2.75) is 90.3 Å². The topological polar surface area (TPSA) is 143 Å². The Morgan fingerprint density at radius 1 is 0.950 bits per heavy atom. The molecule has 2 aliphatic rings. The van der Waals surface area contributed by atoms with Crippen molar-refractivity contribution in [2.24, 2.45) is 0 Å². The summed E-state index contributed by atoms with van der Waals surface area (Å²) in [5, 5.41) is 8.02. The van der Waals surface area contributed by atoms with Gasteiger partial charge in [-0.05, 0) is 52.2 Å². The van der Waals surface area contributed by atoms with Crippen LogP contribution >= 0.6 is 0 Å². The molecule has 1 unspecified atom stereocenters. The van der Waals surface area contributed by atoms with Crippen LogP contribution in [0.25, 0.3) is 0 Å². The number of nitrogens with one attached hydrogen (secondary N) is 3. The molecule has 0 radical (unpaired) electrons. The number of unbranched alkanes of at least 4 members (excludes halogenated alkanes) is 5. The molecule has 1 fully saturated rings. The highest BCUT2D eigenvalue weighted by Crippen LogP contribution is 2.33. The zero-order chi connectivity index (χ0) is 29.1. The summed E-state index contributed by atoms with van der Waals surface area (Å²) in [6, 6.07) is 4.37. The number of rotatable bonds is 15. The number of ether oxygens (including phenoxy) is 2. The first kappa shape index (κ1) is 31.1. The van der Waals surface area contributed by atoms with Crippen molar-refractivity contribution in [3.8, 4) is 5.75 Å². The quantitative estimate of drug-likeness (QED) is 0.221. The van der Waals surface area contributed by atoms with Gasteiger partial charge in [0.1, 0.15) is 18.4 Å². The van der Waals surface area contributed by atoms with E-state index in [0.717, 1.165) is 38.5 Å². The first-order valence-electron chi connectivity index (χ1n) is 14.1. The fraction of sp³-hybridized carbons (Fsp3) is 0.621. The van der Waals surface area contributed by atoms with Crippen LogP contribution in [0.15, 0.2) is 18.2 Å². The van der Waals surface area contributed by atoms with Gasteiger partial charge < -0.3 is 25.0 Å². The Morgan fingerprint density at radius 2 is 1.57 bits per heavy atom. The van der Waals surface area contributed by atoms with Gasteiger partial charge in [-0.1, -0.05) is 31.7 Å². The van der Waals surface area contributed by atoms with Gasteiger partial charge in [0.05, 0.1) is 12.1 Å². The molecule has 1 aromatic rings. The number of piperidine rings is 1. The van der Waals surface area contributed by atoms with Crippen molar-refractivity contribution in [1.82, 2.24) is 20.9 Å². The fourth-order valence-corrected chi connectivity index (χ4v) is 4.63. The van der Waals surface area contributed by atoms with Crippen LogP contribution in [-0.2, 0) is 30.5 Å². The second-order valence-electron chi connectivity index (χ2n) is 11.2. The van der Waals surface area contributed by atoms with Crippen LogP contribution in [0.1, 0.15) is 88.1 Å². The number of amides is 5. The van der Waals surface area contributed by atoms with Gasteiger partial charge in [-0.15, -0.1) is 0 Å². The molecule has 1 saturated heterocycles. The highest BCUT2D eigenvalue weighted by atomic mass is 16.5. The largest absolute Gasteiger partial charge is 0.483 e. The Kier molecular flexibility index (Phi) is 11.5. The first-order chi connectivity index (χ1) is 19.0. The molecule has 0 aliphatic carbocycles. The Bertz CT molecular complexity index is 1080. The van der Waals surface area contributed by atoms with E-state index in [9.17, 15) is 24.0 Å². The molecule has 0 spiro atoms. The van der Waals surface area contributed by atoms with E-state index in [0.29, 0.717) is 30.0 Å². The van der Waals surface area contributed by atoms with Crippen molar-refractivity contribution < 1.29 is 33.4 Å². The van der Waals surface area contributed by atoms with Crippen LogP contribution in [0, 0.1) is 0 Å². The predicted octanol–water partition coefficient (Wildman–Crippen LogP) is 2.21. The zero-order valence-corrected chi connectivity index (χ0v) is 23.8. The number of carbonyl (C=O) groups excluding carboxylic acids is 5. The van der Waals surface area contributed by atoms with Gasteiger partial charge >= 0.3 is 0 Å². The lowest BCUT2D eigenvalue weighted by Crippen LogP contribution is -2.52. The lowest BCUT2D eigenvalue weighted by atomic mass is 10.0. The van der Waals surface area contributed by atoms with Crippen LogP contribution in [0.5, 0.6) is 5.75 Å². The monoisotopic (exact) mass is 558 g/mol. The van der Waals surface area contributed by atoms with Crippen molar-refractivity contribution in [2.75, 3.05) is 26.3 Å². The van der Waals surface area contributed by atoms with E-state index < -0.39 is 11.9 Å². The number of nitrogens with zero attached hydrogens (tertiary/aromatic N) is 1. The molecule has 0 aromatic heterocycles. The van der Waals surface area contributed by atoms with E-state index in [1.165, 1.54) is 4.90 Å². The summed E-state index contributed by atoms with van der Waals surface area (Å²) < 4.78 is 11.2. The van der Waals surface area contributed by atoms with Gasteiger partial charge in [0.15, 0.2) is 6.61 Å². The minimum Gasteiger partial charge on any atom is -0.483 e. The number of fused-ring (bicyclic) bond motifs is 1. The third kappa shape index (κ3) is 9.62. The van der Waals surface area contributed by atoms with Crippen LogP contribution < -0.4 is 20.7 Å². The molecule has 0 saturated carbocycles. The molecule has 11 heteroatoms. The van der Waals surface area contributed by atoms with Gasteiger partial charge in [-0.2, -0.15) is 0 Å². The van der Waals surface area contributed by atoms with Crippen LogP contribution in [0.3, 0.4) is 0 Å². The molecule has 5 amide bonds. The fourth-order valence-electron chi connectivity index (χ4n) is 4.63. The summed E-state index contributed by atoms with van der Waals surface area (Å²) in [5.74, 6) is -0.973. The van der Waals surface area contributed by atoms with Gasteiger partial charge in [0.2, 0.25) is 17.7 Å². The second-order valence-corrected chi connectivity index (χ2v) is 11.2. The molecule has 220 valence electrons. The second kappa shape index (κ2) is 14.8. The molecule has 40 heavy (non-hydrogen) atoms. The Hall–Kier alpha value is -3.47. The SMILES string of the molecule is CC(C)(C)OCC(=O)NCCCCCCCCNC(=O)COc1cccc2c1CN(C1CCC(=O)NC1=O)C2=O. The Morgan fingerprint density at radius 3 is 2.20 bits per heavy atom. The molecular formula is C29H42N4O7. The summed E-state index contributed by atoms with van der Waals surface area (Å²) in [7, 11) is 0. The summed E-state index contributed by atoms with van der Waals surface area (Å²) in [4.78, 5) is 62.1. The highest BCUT2D eigenvalue weighted by molar-refractivity contribution is 6.05. The molecule has 1 atom stereocenters. The standard InChI is InChI=1S/C29H42N4O7/c1-29(2,3)40-19-26(36)31-16-9-7-5-4-6-8-15-30-25(35)18-39-23-12-10-11-20-21(23)17-33(28(20)38)22-13-14-24(34)32-27(22)37/h10-12,22H,4-9,13-19H2,1-3H3,(H,30,35)(H,31,36)(H,32,34,37). The van der Waals surface area contributed by atoms with E-state index in [1.807, 2.05) is 20.8 Å². The van der Waals surface area contributed by atoms with Crippen molar-refractivity contribution in [1.29, 1.82) is 0 Å². The highest BCUT2D eigenvalue weighted by Gasteiger charge is 2.40.